The van der Waals surface area contributed by atoms with E-state index in [0.29, 0.717) is 22.5 Å². The molecule has 0 saturated carbocycles. The van der Waals surface area contributed by atoms with E-state index in [-0.39, 0.29) is 11.6 Å². The lowest BCUT2D eigenvalue weighted by Crippen LogP contribution is -2.19. The zero-order valence-electron chi connectivity index (χ0n) is 14.8. The van der Waals surface area contributed by atoms with Gasteiger partial charge < -0.3 is 5.11 Å². The van der Waals surface area contributed by atoms with E-state index >= 15 is 0 Å². The van der Waals surface area contributed by atoms with Gasteiger partial charge in [-0.2, -0.15) is 0 Å². The van der Waals surface area contributed by atoms with Crippen LogP contribution in [-0.4, -0.2) is 10.1 Å². The van der Waals surface area contributed by atoms with Crippen molar-refractivity contribution in [1.82, 2.24) is 4.98 Å². The van der Waals surface area contributed by atoms with Gasteiger partial charge in [-0.3, -0.25) is 5.32 Å². The third-order valence-electron chi connectivity index (χ3n) is 4.54. The second-order valence-electron chi connectivity index (χ2n) is 6.40. The molecule has 0 saturated heterocycles. The Morgan fingerprint density at radius 1 is 0.963 bits per heavy atom. The van der Waals surface area contributed by atoms with Crippen molar-refractivity contribution in [3.8, 4) is 5.75 Å². The molecule has 0 unspecified atom stereocenters. The van der Waals surface area contributed by atoms with Gasteiger partial charge in [0.15, 0.2) is 6.04 Å². The summed E-state index contributed by atoms with van der Waals surface area (Å²) in [6.45, 7) is 1.87. The first kappa shape index (κ1) is 17.0. The van der Waals surface area contributed by atoms with Gasteiger partial charge in [-0.25, -0.2) is 14.4 Å². The zero-order chi connectivity index (χ0) is 18.8. The van der Waals surface area contributed by atoms with E-state index in [9.17, 15) is 9.50 Å². The van der Waals surface area contributed by atoms with Crippen LogP contribution >= 0.6 is 0 Å². The molecule has 3 N–H and O–H groups in total. The van der Waals surface area contributed by atoms with Gasteiger partial charge in [-0.1, -0.05) is 36.4 Å². The van der Waals surface area contributed by atoms with Crippen molar-refractivity contribution in [3.63, 3.8) is 0 Å². The Hall–Kier alpha value is -3.47. The molecule has 27 heavy (non-hydrogen) atoms. The minimum Gasteiger partial charge on any atom is -0.505 e. The van der Waals surface area contributed by atoms with Crippen molar-refractivity contribution < 1.29 is 14.5 Å². The average Bonchev–Trinajstić information content (AvgIpc) is 2.69. The van der Waals surface area contributed by atoms with E-state index in [1.54, 1.807) is 24.4 Å². The van der Waals surface area contributed by atoms with Crippen LogP contribution in [0.15, 0.2) is 72.9 Å². The molecule has 0 bridgehead atoms. The first-order chi connectivity index (χ1) is 13.1. The number of hydrogen-bond donors (Lipinski definition) is 2. The monoisotopic (exact) mass is 360 g/mol. The Balaban J connectivity index is 1.89. The van der Waals surface area contributed by atoms with Crippen molar-refractivity contribution in [3.05, 3.63) is 95.6 Å². The molecule has 2 heterocycles. The van der Waals surface area contributed by atoms with Gasteiger partial charge in [-0.05, 0) is 31.2 Å². The van der Waals surface area contributed by atoms with Crippen LogP contribution in [-0.2, 0) is 0 Å². The number of phenols is 1. The molecule has 0 radical (unpaired) electrons. The summed E-state index contributed by atoms with van der Waals surface area (Å²) in [5.74, 6) is 0.415. The highest BCUT2D eigenvalue weighted by Gasteiger charge is 2.26. The van der Waals surface area contributed by atoms with Gasteiger partial charge >= 0.3 is 0 Å². The van der Waals surface area contributed by atoms with Crippen molar-refractivity contribution in [2.75, 3.05) is 5.32 Å². The number of anilines is 1. The minimum atomic E-state index is -0.587. The van der Waals surface area contributed by atoms with Crippen LogP contribution in [0.3, 0.4) is 0 Å². The summed E-state index contributed by atoms with van der Waals surface area (Å²) in [4.78, 5) is 7.55. The number of hydrogen-bond acceptors (Lipinski definition) is 3. The fraction of sp³-hybridized carbons (Fsp3) is 0.0909. The summed E-state index contributed by atoms with van der Waals surface area (Å²) < 4.78 is 14.6. The predicted molar refractivity (Wildman–Crippen MR) is 103 cm³/mol. The van der Waals surface area contributed by atoms with E-state index in [0.717, 1.165) is 11.1 Å². The van der Waals surface area contributed by atoms with E-state index in [4.69, 9.17) is 0 Å². The highest BCUT2D eigenvalue weighted by Crippen LogP contribution is 2.36. The van der Waals surface area contributed by atoms with Crippen LogP contribution in [0.2, 0.25) is 0 Å². The minimum absolute atomic E-state index is 0.0490. The topological polar surface area (TPSA) is 59.3 Å². The molecule has 1 atom stereocenters. The molecule has 5 heteroatoms. The molecule has 0 aliphatic rings. The number of aromatic nitrogens is 2. The Morgan fingerprint density at radius 2 is 1.74 bits per heavy atom. The fourth-order valence-electron chi connectivity index (χ4n) is 3.19. The largest absolute Gasteiger partial charge is 0.505 e. The lowest BCUT2D eigenvalue weighted by atomic mass is 9.95. The van der Waals surface area contributed by atoms with Crippen LogP contribution in [0, 0.1) is 12.7 Å². The van der Waals surface area contributed by atoms with Gasteiger partial charge in [0.25, 0.3) is 5.82 Å². The van der Waals surface area contributed by atoms with E-state index < -0.39 is 6.04 Å². The standard InChI is InChI=1S/C22H18FN3O/c1-14-9-10-15-11-12-17(22(27)20(15)25-14)21(16-6-2-3-7-18(16)23)26-19-8-4-5-13-24-19/h2-13,21,27H,1H3,(H,24,26)/p+1/t21-/m0/s1. The number of aromatic amines is 1. The van der Waals surface area contributed by atoms with Gasteiger partial charge in [0, 0.05) is 28.3 Å². The molecule has 4 aromatic rings. The number of phenolic OH excluding ortho intramolecular Hbond substituents is 1. The summed E-state index contributed by atoms with van der Waals surface area (Å²) in [6, 6.07) is 19.1. The van der Waals surface area contributed by atoms with Gasteiger partial charge in [0.2, 0.25) is 0 Å². The van der Waals surface area contributed by atoms with Crippen LogP contribution < -0.4 is 10.3 Å². The summed E-state index contributed by atoms with van der Waals surface area (Å²) >= 11 is 0. The zero-order valence-corrected chi connectivity index (χ0v) is 14.8. The smallest absolute Gasteiger partial charge is 0.272 e. The molecule has 4 rings (SSSR count). The Labute approximate surface area is 156 Å². The number of nitrogens with zero attached hydrogens (tertiary/aromatic N) is 1. The molecule has 0 amide bonds. The molecular formula is C22H19FN3O+. The number of halogens is 1. The SMILES string of the molecule is Cc1ccc2ccc([C@@H](Nc3cccc[nH+]3)c3ccccc3F)c(O)c2n1. The number of aryl methyl sites for hydroxylation is 1. The molecule has 0 fully saturated rings. The summed E-state index contributed by atoms with van der Waals surface area (Å²) in [5, 5.41) is 15.1. The van der Waals surface area contributed by atoms with Crippen LogP contribution in [0.1, 0.15) is 22.9 Å². The lowest BCUT2D eigenvalue weighted by Gasteiger charge is -2.18. The van der Waals surface area contributed by atoms with Crippen molar-refractivity contribution in [2.24, 2.45) is 0 Å². The van der Waals surface area contributed by atoms with Gasteiger partial charge in [0.1, 0.15) is 17.1 Å². The Morgan fingerprint density at radius 3 is 2.52 bits per heavy atom. The third kappa shape index (κ3) is 3.31. The van der Waals surface area contributed by atoms with Gasteiger partial charge in [-0.15, -0.1) is 0 Å². The Bertz CT molecular complexity index is 1100. The van der Waals surface area contributed by atoms with Crippen molar-refractivity contribution in [2.45, 2.75) is 13.0 Å². The van der Waals surface area contributed by atoms with Gasteiger partial charge in [0.05, 0.1) is 6.20 Å². The summed E-state index contributed by atoms with van der Waals surface area (Å²) in [7, 11) is 0. The normalized spacial score (nSPS) is 12.1. The maximum absolute atomic E-state index is 14.6. The molecule has 0 spiro atoms. The molecule has 4 nitrogen and oxygen atoms in total. The second-order valence-corrected chi connectivity index (χ2v) is 6.40. The fourth-order valence-corrected chi connectivity index (χ4v) is 3.19. The highest BCUT2D eigenvalue weighted by atomic mass is 19.1. The number of rotatable bonds is 4. The van der Waals surface area contributed by atoms with Crippen LogP contribution in [0.5, 0.6) is 5.75 Å². The number of nitrogens with one attached hydrogen (secondary N) is 2. The maximum Gasteiger partial charge on any atom is 0.272 e. The van der Waals surface area contributed by atoms with Crippen LogP contribution in [0.4, 0.5) is 10.2 Å². The van der Waals surface area contributed by atoms with Crippen molar-refractivity contribution in [1.29, 1.82) is 0 Å². The number of pyridine rings is 2. The second kappa shape index (κ2) is 7.03. The molecule has 134 valence electrons. The van der Waals surface area contributed by atoms with Crippen molar-refractivity contribution >= 4 is 16.7 Å². The predicted octanol–water partition coefficient (Wildman–Crippen LogP) is 4.40. The number of aromatic hydroxyl groups is 1. The average molecular weight is 360 g/mol. The Kier molecular flexibility index (Phi) is 4.42. The number of H-pyrrole nitrogens is 1. The first-order valence-corrected chi connectivity index (χ1v) is 8.70. The van der Waals surface area contributed by atoms with Crippen LogP contribution in [0.25, 0.3) is 10.9 Å². The molecular weight excluding hydrogens is 341 g/mol. The van der Waals surface area contributed by atoms with E-state index in [1.807, 2.05) is 49.4 Å². The molecule has 2 aromatic carbocycles. The summed E-state index contributed by atoms with van der Waals surface area (Å²) in [6.07, 6.45) is 1.78. The lowest BCUT2D eigenvalue weighted by molar-refractivity contribution is -0.361. The van der Waals surface area contributed by atoms with E-state index in [2.05, 4.69) is 15.3 Å². The third-order valence-corrected chi connectivity index (χ3v) is 4.54. The molecule has 0 aliphatic heterocycles. The molecule has 0 aliphatic carbocycles. The quantitative estimate of drug-likeness (QED) is 0.567. The van der Waals surface area contributed by atoms with E-state index in [1.165, 1.54) is 6.07 Å². The highest BCUT2D eigenvalue weighted by molar-refractivity contribution is 5.86. The first-order valence-electron chi connectivity index (χ1n) is 8.70. The molecule has 2 aromatic heterocycles. The number of benzene rings is 2. The number of fused-ring (bicyclic) bond motifs is 1. The maximum atomic E-state index is 14.6. The summed E-state index contributed by atoms with van der Waals surface area (Å²) in [5.41, 5.74) is 2.31.